The maximum absolute atomic E-state index is 13.0. The van der Waals surface area contributed by atoms with Crippen molar-refractivity contribution in [3.8, 4) is 11.3 Å². The standard InChI is InChI=1S/C18H17N3O/c1-2-3-10-19-13-8-9-14-15-16(13)18(22)12-7-5-4-6-11(12)17(15)21-20-14/h4-9,19H,2-3,10H2,1H3,(H,20,21). The summed E-state index contributed by atoms with van der Waals surface area (Å²) in [6.07, 6.45) is 2.21. The van der Waals surface area contributed by atoms with Crippen LogP contribution < -0.4 is 5.32 Å². The van der Waals surface area contributed by atoms with Crippen molar-refractivity contribution in [2.24, 2.45) is 0 Å². The van der Waals surface area contributed by atoms with Gasteiger partial charge in [0.15, 0.2) is 5.78 Å². The maximum Gasteiger partial charge on any atom is 0.196 e. The summed E-state index contributed by atoms with van der Waals surface area (Å²) in [6, 6.07) is 11.7. The lowest BCUT2D eigenvalue weighted by molar-refractivity contribution is 0.104. The van der Waals surface area contributed by atoms with Crippen LogP contribution in [0, 0.1) is 0 Å². The van der Waals surface area contributed by atoms with Gasteiger partial charge in [0.1, 0.15) is 5.69 Å². The minimum Gasteiger partial charge on any atom is -0.384 e. The number of nitrogens with zero attached hydrogens (tertiary/aromatic N) is 1. The van der Waals surface area contributed by atoms with E-state index in [0.717, 1.165) is 58.4 Å². The van der Waals surface area contributed by atoms with E-state index in [4.69, 9.17) is 0 Å². The van der Waals surface area contributed by atoms with E-state index in [1.807, 2.05) is 36.4 Å². The summed E-state index contributed by atoms with van der Waals surface area (Å²) in [5, 5.41) is 11.8. The first-order chi connectivity index (χ1) is 10.8. The number of benzene rings is 2. The third kappa shape index (κ3) is 1.77. The van der Waals surface area contributed by atoms with Gasteiger partial charge in [-0.05, 0) is 18.6 Å². The van der Waals surface area contributed by atoms with Crippen molar-refractivity contribution in [3.05, 3.63) is 47.5 Å². The number of fused-ring (bicyclic) bond motifs is 2. The van der Waals surface area contributed by atoms with Gasteiger partial charge < -0.3 is 5.32 Å². The fourth-order valence-corrected chi connectivity index (χ4v) is 3.11. The smallest absolute Gasteiger partial charge is 0.196 e. The molecule has 0 radical (unpaired) electrons. The van der Waals surface area contributed by atoms with E-state index >= 15 is 0 Å². The molecule has 0 unspecified atom stereocenters. The van der Waals surface area contributed by atoms with E-state index in [0.29, 0.717) is 0 Å². The number of nitrogens with one attached hydrogen (secondary N) is 2. The number of rotatable bonds is 4. The summed E-state index contributed by atoms with van der Waals surface area (Å²) in [5.74, 6) is 0.0779. The molecule has 0 saturated carbocycles. The number of anilines is 1. The van der Waals surface area contributed by atoms with Gasteiger partial charge in [0.25, 0.3) is 0 Å². The van der Waals surface area contributed by atoms with Gasteiger partial charge in [0, 0.05) is 28.7 Å². The van der Waals surface area contributed by atoms with Crippen molar-refractivity contribution in [1.29, 1.82) is 0 Å². The third-order valence-electron chi connectivity index (χ3n) is 4.23. The van der Waals surface area contributed by atoms with Crippen LogP contribution in [0.4, 0.5) is 5.69 Å². The van der Waals surface area contributed by atoms with Crippen LogP contribution in [0.15, 0.2) is 36.4 Å². The fourth-order valence-electron chi connectivity index (χ4n) is 3.11. The Morgan fingerprint density at radius 3 is 2.77 bits per heavy atom. The summed E-state index contributed by atoms with van der Waals surface area (Å²) >= 11 is 0. The van der Waals surface area contributed by atoms with Crippen LogP contribution in [0.1, 0.15) is 35.7 Å². The first-order valence-corrected chi connectivity index (χ1v) is 7.70. The first-order valence-electron chi connectivity index (χ1n) is 7.70. The van der Waals surface area contributed by atoms with Gasteiger partial charge in [-0.2, -0.15) is 5.10 Å². The normalized spacial score (nSPS) is 12.5. The van der Waals surface area contributed by atoms with Gasteiger partial charge >= 0.3 is 0 Å². The predicted molar refractivity (Wildman–Crippen MR) is 88.4 cm³/mol. The Bertz CT molecular complexity index is 879. The lowest BCUT2D eigenvalue weighted by atomic mass is 9.86. The Balaban J connectivity index is 1.95. The number of aromatic nitrogens is 2. The molecule has 4 nitrogen and oxygen atoms in total. The molecule has 0 bridgehead atoms. The van der Waals surface area contributed by atoms with Crippen molar-refractivity contribution in [3.63, 3.8) is 0 Å². The van der Waals surface area contributed by atoms with Crippen molar-refractivity contribution < 1.29 is 4.79 Å². The molecule has 4 heteroatoms. The largest absolute Gasteiger partial charge is 0.384 e. The zero-order chi connectivity index (χ0) is 15.1. The van der Waals surface area contributed by atoms with Crippen LogP contribution in [-0.2, 0) is 0 Å². The van der Waals surface area contributed by atoms with Crippen LogP contribution in [-0.4, -0.2) is 22.5 Å². The highest BCUT2D eigenvalue weighted by molar-refractivity contribution is 6.27. The quantitative estimate of drug-likeness (QED) is 0.559. The van der Waals surface area contributed by atoms with E-state index in [1.54, 1.807) is 0 Å². The highest BCUT2D eigenvalue weighted by Crippen LogP contribution is 2.40. The SMILES string of the molecule is CCCCNc1ccc2[nH]nc3c2c1C(=O)c1ccccc1-3. The molecular formula is C18H17N3O. The van der Waals surface area contributed by atoms with E-state index in [-0.39, 0.29) is 5.78 Å². The molecule has 1 aliphatic rings. The Labute approximate surface area is 128 Å². The van der Waals surface area contributed by atoms with Gasteiger partial charge in [0.2, 0.25) is 0 Å². The van der Waals surface area contributed by atoms with Crippen LogP contribution in [0.5, 0.6) is 0 Å². The monoisotopic (exact) mass is 291 g/mol. The van der Waals surface area contributed by atoms with Crippen molar-refractivity contribution >= 4 is 22.4 Å². The zero-order valence-electron chi connectivity index (χ0n) is 12.4. The molecular weight excluding hydrogens is 274 g/mol. The summed E-state index contributed by atoms with van der Waals surface area (Å²) < 4.78 is 0. The maximum atomic E-state index is 13.0. The number of hydrogen-bond donors (Lipinski definition) is 2. The summed E-state index contributed by atoms with van der Waals surface area (Å²) in [4.78, 5) is 13.0. The Morgan fingerprint density at radius 2 is 1.95 bits per heavy atom. The van der Waals surface area contributed by atoms with Gasteiger partial charge in [0.05, 0.1) is 11.1 Å². The average molecular weight is 291 g/mol. The third-order valence-corrected chi connectivity index (χ3v) is 4.23. The van der Waals surface area contributed by atoms with E-state index in [1.165, 1.54) is 0 Å². The molecule has 0 fully saturated rings. The van der Waals surface area contributed by atoms with E-state index < -0.39 is 0 Å². The number of unbranched alkanes of at least 4 members (excludes halogenated alkanes) is 1. The molecule has 0 atom stereocenters. The second-order valence-electron chi connectivity index (χ2n) is 5.64. The number of carbonyl (C=O) groups is 1. The summed E-state index contributed by atoms with van der Waals surface area (Å²) in [5.41, 5.74) is 5.08. The molecule has 0 amide bonds. The van der Waals surface area contributed by atoms with Gasteiger partial charge in [-0.15, -0.1) is 0 Å². The molecule has 3 aromatic rings. The molecule has 1 heterocycles. The van der Waals surface area contributed by atoms with E-state index in [9.17, 15) is 4.79 Å². The molecule has 2 N–H and O–H groups in total. The second-order valence-corrected chi connectivity index (χ2v) is 5.64. The summed E-state index contributed by atoms with van der Waals surface area (Å²) in [6.45, 7) is 3.03. The first kappa shape index (κ1) is 13.1. The average Bonchev–Trinajstić information content (AvgIpc) is 2.98. The predicted octanol–water partition coefficient (Wildman–Crippen LogP) is 3.99. The van der Waals surface area contributed by atoms with Crippen LogP contribution in [0.25, 0.3) is 22.2 Å². The Hall–Kier alpha value is -2.62. The van der Waals surface area contributed by atoms with Crippen molar-refractivity contribution in [1.82, 2.24) is 10.2 Å². The fraction of sp³-hybridized carbons (Fsp3) is 0.222. The van der Waals surface area contributed by atoms with Crippen molar-refractivity contribution in [2.75, 3.05) is 11.9 Å². The molecule has 0 saturated heterocycles. The number of hydrogen-bond acceptors (Lipinski definition) is 3. The van der Waals surface area contributed by atoms with Gasteiger partial charge in [-0.25, -0.2) is 0 Å². The Morgan fingerprint density at radius 1 is 1.14 bits per heavy atom. The number of carbonyl (C=O) groups excluding carboxylic acids is 1. The minimum absolute atomic E-state index is 0.0779. The molecule has 1 aliphatic carbocycles. The molecule has 0 spiro atoms. The second kappa shape index (κ2) is 4.98. The number of ketones is 1. The Kier molecular flexibility index (Phi) is 2.96. The topological polar surface area (TPSA) is 57.8 Å². The van der Waals surface area contributed by atoms with Gasteiger partial charge in [-0.3, -0.25) is 9.89 Å². The molecule has 22 heavy (non-hydrogen) atoms. The lowest BCUT2D eigenvalue weighted by Gasteiger charge is -2.18. The highest BCUT2D eigenvalue weighted by Gasteiger charge is 2.29. The summed E-state index contributed by atoms with van der Waals surface area (Å²) in [7, 11) is 0. The van der Waals surface area contributed by atoms with E-state index in [2.05, 4.69) is 22.4 Å². The minimum atomic E-state index is 0.0779. The number of aromatic amines is 1. The molecule has 2 aromatic carbocycles. The van der Waals surface area contributed by atoms with Gasteiger partial charge in [-0.1, -0.05) is 37.6 Å². The molecule has 1 aromatic heterocycles. The molecule has 0 aliphatic heterocycles. The number of H-pyrrole nitrogens is 1. The zero-order valence-corrected chi connectivity index (χ0v) is 12.4. The molecule has 110 valence electrons. The molecule has 4 rings (SSSR count). The van der Waals surface area contributed by atoms with Crippen LogP contribution >= 0.6 is 0 Å². The lowest BCUT2D eigenvalue weighted by Crippen LogP contribution is -2.13. The van der Waals surface area contributed by atoms with Crippen LogP contribution in [0.2, 0.25) is 0 Å². The highest BCUT2D eigenvalue weighted by atomic mass is 16.1. The van der Waals surface area contributed by atoms with Crippen LogP contribution in [0.3, 0.4) is 0 Å². The van der Waals surface area contributed by atoms with Crippen molar-refractivity contribution in [2.45, 2.75) is 19.8 Å².